The SMILES string of the molecule is CC1CCCC1(CNC1CC1)c1cccs1. The van der Waals surface area contributed by atoms with Crippen molar-refractivity contribution in [3.8, 4) is 0 Å². The lowest BCUT2D eigenvalue weighted by atomic mass is 9.77. The average molecular weight is 235 g/mol. The molecule has 1 nitrogen and oxygen atoms in total. The Morgan fingerprint density at radius 1 is 1.44 bits per heavy atom. The molecule has 2 aliphatic rings. The van der Waals surface area contributed by atoms with E-state index in [1.165, 1.54) is 38.6 Å². The highest BCUT2D eigenvalue weighted by atomic mass is 32.1. The second-order valence-electron chi connectivity index (χ2n) is 5.58. The van der Waals surface area contributed by atoms with Gasteiger partial charge in [-0.05, 0) is 43.0 Å². The zero-order valence-corrected chi connectivity index (χ0v) is 10.9. The molecule has 1 aromatic rings. The van der Waals surface area contributed by atoms with Crippen molar-refractivity contribution < 1.29 is 0 Å². The Bertz CT molecular complexity index is 342. The molecular formula is C14H21NS. The van der Waals surface area contributed by atoms with Crippen LogP contribution < -0.4 is 5.32 Å². The van der Waals surface area contributed by atoms with Crippen LogP contribution in [0.1, 0.15) is 43.9 Å². The molecule has 0 aliphatic heterocycles. The lowest BCUT2D eigenvalue weighted by molar-refractivity contribution is 0.322. The molecule has 0 bridgehead atoms. The van der Waals surface area contributed by atoms with Gasteiger partial charge in [0.05, 0.1) is 0 Å². The van der Waals surface area contributed by atoms with Gasteiger partial charge in [0.1, 0.15) is 0 Å². The first kappa shape index (κ1) is 10.8. The third-order valence-electron chi connectivity index (χ3n) is 4.50. The fourth-order valence-corrected chi connectivity index (χ4v) is 4.21. The van der Waals surface area contributed by atoms with Gasteiger partial charge in [0, 0.05) is 22.9 Å². The Morgan fingerprint density at radius 3 is 2.88 bits per heavy atom. The zero-order valence-electron chi connectivity index (χ0n) is 10.0. The number of thiophene rings is 1. The maximum atomic E-state index is 3.76. The Morgan fingerprint density at radius 2 is 2.31 bits per heavy atom. The summed E-state index contributed by atoms with van der Waals surface area (Å²) < 4.78 is 0. The normalized spacial score (nSPS) is 34.4. The molecule has 2 atom stereocenters. The van der Waals surface area contributed by atoms with E-state index in [-0.39, 0.29) is 0 Å². The van der Waals surface area contributed by atoms with E-state index in [0.717, 1.165) is 12.0 Å². The topological polar surface area (TPSA) is 12.0 Å². The number of nitrogens with one attached hydrogen (secondary N) is 1. The zero-order chi connectivity index (χ0) is 11.0. The van der Waals surface area contributed by atoms with Crippen LogP contribution in [0.25, 0.3) is 0 Å². The molecule has 2 saturated carbocycles. The van der Waals surface area contributed by atoms with Crippen molar-refractivity contribution >= 4 is 11.3 Å². The molecule has 1 N–H and O–H groups in total. The molecule has 16 heavy (non-hydrogen) atoms. The summed E-state index contributed by atoms with van der Waals surface area (Å²) in [4.78, 5) is 1.62. The molecule has 2 aliphatic carbocycles. The maximum Gasteiger partial charge on any atom is 0.0197 e. The van der Waals surface area contributed by atoms with E-state index in [1.54, 1.807) is 4.88 Å². The van der Waals surface area contributed by atoms with Gasteiger partial charge in [-0.1, -0.05) is 19.4 Å². The molecule has 88 valence electrons. The molecule has 0 radical (unpaired) electrons. The smallest absolute Gasteiger partial charge is 0.0197 e. The van der Waals surface area contributed by atoms with E-state index < -0.39 is 0 Å². The van der Waals surface area contributed by atoms with Crippen molar-refractivity contribution in [2.75, 3.05) is 6.54 Å². The summed E-state index contributed by atoms with van der Waals surface area (Å²) in [6, 6.07) is 5.40. The summed E-state index contributed by atoms with van der Waals surface area (Å²) in [6.07, 6.45) is 6.99. The third kappa shape index (κ3) is 1.82. The summed E-state index contributed by atoms with van der Waals surface area (Å²) in [7, 11) is 0. The Balaban J connectivity index is 1.81. The standard InChI is InChI=1S/C14H21NS/c1-11-4-2-8-14(11,10-15-12-6-7-12)13-5-3-9-16-13/h3,5,9,11-12,15H,2,4,6-8,10H2,1H3. The lowest BCUT2D eigenvalue weighted by Crippen LogP contribution is -2.40. The van der Waals surface area contributed by atoms with Gasteiger partial charge >= 0.3 is 0 Å². The monoisotopic (exact) mass is 235 g/mol. The van der Waals surface area contributed by atoms with Crippen LogP contribution in [0.5, 0.6) is 0 Å². The molecule has 0 saturated heterocycles. The van der Waals surface area contributed by atoms with Crippen LogP contribution in [0.4, 0.5) is 0 Å². The van der Waals surface area contributed by atoms with Gasteiger partial charge in [0.25, 0.3) is 0 Å². The highest BCUT2D eigenvalue weighted by molar-refractivity contribution is 7.10. The van der Waals surface area contributed by atoms with Crippen LogP contribution in [0.15, 0.2) is 17.5 Å². The molecule has 2 unspecified atom stereocenters. The Hall–Kier alpha value is -0.340. The molecule has 2 fully saturated rings. The summed E-state index contributed by atoms with van der Waals surface area (Å²) >= 11 is 1.95. The molecule has 0 amide bonds. The van der Waals surface area contributed by atoms with Crippen molar-refractivity contribution in [1.29, 1.82) is 0 Å². The fourth-order valence-electron chi connectivity index (χ4n) is 3.14. The van der Waals surface area contributed by atoms with E-state index in [1.807, 2.05) is 11.3 Å². The van der Waals surface area contributed by atoms with Gasteiger partial charge < -0.3 is 5.32 Å². The quantitative estimate of drug-likeness (QED) is 0.841. The molecule has 0 aromatic carbocycles. The van der Waals surface area contributed by atoms with Gasteiger partial charge in [-0.2, -0.15) is 0 Å². The lowest BCUT2D eigenvalue weighted by Gasteiger charge is -2.33. The fraction of sp³-hybridized carbons (Fsp3) is 0.714. The van der Waals surface area contributed by atoms with Gasteiger partial charge in [0.15, 0.2) is 0 Å². The highest BCUT2D eigenvalue weighted by Crippen LogP contribution is 2.47. The van der Waals surface area contributed by atoms with Gasteiger partial charge in [0.2, 0.25) is 0 Å². The van der Waals surface area contributed by atoms with Crippen molar-refractivity contribution in [2.24, 2.45) is 5.92 Å². The molecule has 1 aromatic heterocycles. The third-order valence-corrected chi connectivity index (χ3v) is 5.59. The van der Waals surface area contributed by atoms with E-state index in [9.17, 15) is 0 Å². The van der Waals surface area contributed by atoms with Crippen LogP contribution in [0.3, 0.4) is 0 Å². The molecule has 2 heteroatoms. The van der Waals surface area contributed by atoms with Crippen LogP contribution in [-0.4, -0.2) is 12.6 Å². The number of rotatable bonds is 4. The number of hydrogen-bond donors (Lipinski definition) is 1. The minimum Gasteiger partial charge on any atom is -0.313 e. The second-order valence-corrected chi connectivity index (χ2v) is 6.53. The number of hydrogen-bond acceptors (Lipinski definition) is 2. The second kappa shape index (κ2) is 4.15. The van der Waals surface area contributed by atoms with E-state index in [4.69, 9.17) is 0 Å². The first-order valence-corrected chi connectivity index (χ1v) is 7.46. The Labute approximate surface area is 102 Å². The maximum absolute atomic E-state index is 3.76. The van der Waals surface area contributed by atoms with E-state index >= 15 is 0 Å². The van der Waals surface area contributed by atoms with Crippen LogP contribution >= 0.6 is 11.3 Å². The van der Waals surface area contributed by atoms with Crippen LogP contribution in [0.2, 0.25) is 0 Å². The van der Waals surface area contributed by atoms with Gasteiger partial charge in [-0.25, -0.2) is 0 Å². The van der Waals surface area contributed by atoms with Gasteiger partial charge in [-0.15, -0.1) is 11.3 Å². The summed E-state index contributed by atoms with van der Waals surface area (Å²) in [5.74, 6) is 0.845. The molecule has 0 spiro atoms. The van der Waals surface area contributed by atoms with Gasteiger partial charge in [-0.3, -0.25) is 0 Å². The largest absolute Gasteiger partial charge is 0.313 e. The predicted molar refractivity (Wildman–Crippen MR) is 70.0 cm³/mol. The molecule has 1 heterocycles. The van der Waals surface area contributed by atoms with E-state index in [2.05, 4.69) is 29.8 Å². The minimum atomic E-state index is 0.455. The van der Waals surface area contributed by atoms with E-state index in [0.29, 0.717) is 5.41 Å². The van der Waals surface area contributed by atoms with Crippen LogP contribution in [-0.2, 0) is 5.41 Å². The minimum absolute atomic E-state index is 0.455. The first-order valence-electron chi connectivity index (χ1n) is 6.59. The summed E-state index contributed by atoms with van der Waals surface area (Å²) in [6.45, 7) is 3.65. The summed E-state index contributed by atoms with van der Waals surface area (Å²) in [5.41, 5.74) is 0.455. The highest BCUT2D eigenvalue weighted by Gasteiger charge is 2.43. The van der Waals surface area contributed by atoms with Crippen molar-refractivity contribution in [3.05, 3.63) is 22.4 Å². The van der Waals surface area contributed by atoms with Crippen molar-refractivity contribution in [1.82, 2.24) is 5.32 Å². The first-order chi connectivity index (χ1) is 7.81. The Kier molecular flexibility index (Phi) is 2.80. The predicted octanol–water partition coefficient (Wildman–Crippen LogP) is 3.56. The molecule has 3 rings (SSSR count). The van der Waals surface area contributed by atoms with Crippen LogP contribution in [0, 0.1) is 5.92 Å². The average Bonchev–Trinajstić information content (AvgIpc) is 2.80. The molecular weight excluding hydrogens is 214 g/mol. The summed E-state index contributed by atoms with van der Waals surface area (Å²) in [5, 5.41) is 6.00. The van der Waals surface area contributed by atoms with Crippen molar-refractivity contribution in [3.63, 3.8) is 0 Å². The van der Waals surface area contributed by atoms with Crippen molar-refractivity contribution in [2.45, 2.75) is 50.5 Å².